The highest BCUT2D eigenvalue weighted by Crippen LogP contribution is 2.30. The van der Waals surface area contributed by atoms with E-state index in [0.29, 0.717) is 22.4 Å². The maximum Gasteiger partial charge on any atom is 0.291 e. The average Bonchev–Trinajstić information content (AvgIpc) is 2.69. The second-order valence-corrected chi connectivity index (χ2v) is 5.25. The van der Waals surface area contributed by atoms with Gasteiger partial charge in [0.2, 0.25) is 0 Å². The van der Waals surface area contributed by atoms with Crippen molar-refractivity contribution in [3.8, 4) is 0 Å². The smallest absolute Gasteiger partial charge is 0.291 e. The number of halogens is 1. The van der Waals surface area contributed by atoms with Crippen molar-refractivity contribution in [3.05, 3.63) is 43.8 Å². The number of rotatable bonds is 4. The molecule has 0 amide bonds. The molecule has 7 nitrogen and oxygen atoms in total. The first kappa shape index (κ1) is 14.4. The molecule has 0 radical (unpaired) electrons. The number of pyridine rings is 1. The van der Waals surface area contributed by atoms with Crippen LogP contribution in [0.2, 0.25) is 0 Å². The van der Waals surface area contributed by atoms with E-state index < -0.39 is 4.92 Å². The molecule has 0 aliphatic rings. The van der Waals surface area contributed by atoms with Crippen molar-refractivity contribution >= 4 is 27.4 Å². The van der Waals surface area contributed by atoms with E-state index >= 15 is 0 Å². The van der Waals surface area contributed by atoms with E-state index in [-0.39, 0.29) is 5.69 Å². The molecule has 0 aromatic carbocycles. The lowest BCUT2D eigenvalue weighted by Gasteiger charge is -2.09. The third kappa shape index (κ3) is 2.79. The third-order valence-corrected chi connectivity index (χ3v) is 3.97. The Labute approximate surface area is 124 Å². The van der Waals surface area contributed by atoms with Gasteiger partial charge in [-0.05, 0) is 29.8 Å². The number of anilines is 1. The number of aryl methyl sites for hydroxylation is 2. The molecule has 0 fully saturated rings. The van der Waals surface area contributed by atoms with Crippen molar-refractivity contribution < 1.29 is 4.92 Å². The number of nitrogens with zero attached hydrogens (tertiary/aromatic N) is 4. The van der Waals surface area contributed by atoms with Gasteiger partial charge >= 0.3 is 0 Å². The summed E-state index contributed by atoms with van der Waals surface area (Å²) in [6.45, 7) is 4.17. The Kier molecular flexibility index (Phi) is 4.03. The first-order valence-corrected chi connectivity index (χ1v) is 6.72. The molecule has 0 saturated carbocycles. The molecule has 20 heavy (non-hydrogen) atoms. The van der Waals surface area contributed by atoms with Gasteiger partial charge in [-0.1, -0.05) is 0 Å². The zero-order chi connectivity index (χ0) is 14.9. The summed E-state index contributed by atoms with van der Waals surface area (Å²) in [5.74, 6) is 0.580. The maximum absolute atomic E-state index is 10.8. The molecular formula is C12H14BrN5O2. The van der Waals surface area contributed by atoms with Crippen LogP contribution in [0.15, 0.2) is 16.9 Å². The highest BCUT2D eigenvalue weighted by molar-refractivity contribution is 9.10. The molecule has 1 N–H and O–H groups in total. The lowest BCUT2D eigenvalue weighted by Crippen LogP contribution is -2.04. The van der Waals surface area contributed by atoms with Crippen molar-refractivity contribution in [1.82, 2.24) is 14.8 Å². The van der Waals surface area contributed by atoms with Crippen LogP contribution < -0.4 is 5.32 Å². The van der Waals surface area contributed by atoms with Gasteiger partial charge in [-0.3, -0.25) is 14.8 Å². The molecule has 106 valence electrons. The Morgan fingerprint density at radius 3 is 2.75 bits per heavy atom. The van der Waals surface area contributed by atoms with Crippen molar-refractivity contribution in [1.29, 1.82) is 0 Å². The lowest BCUT2D eigenvalue weighted by molar-refractivity contribution is -0.385. The van der Waals surface area contributed by atoms with Gasteiger partial charge < -0.3 is 5.32 Å². The van der Waals surface area contributed by atoms with Gasteiger partial charge in [0, 0.05) is 30.9 Å². The van der Waals surface area contributed by atoms with Gasteiger partial charge in [-0.25, -0.2) is 4.98 Å². The van der Waals surface area contributed by atoms with E-state index in [0.717, 1.165) is 11.3 Å². The summed E-state index contributed by atoms with van der Waals surface area (Å²) in [6.07, 6.45) is 3.19. The van der Waals surface area contributed by atoms with Crippen LogP contribution in [-0.2, 0) is 13.6 Å². The minimum absolute atomic E-state index is 0.0000154. The largest absolute Gasteiger partial charge is 0.365 e. The molecule has 8 heteroatoms. The summed E-state index contributed by atoms with van der Waals surface area (Å²) in [6, 6.07) is 0. The number of aromatic nitrogens is 3. The molecule has 2 aromatic rings. The lowest BCUT2D eigenvalue weighted by atomic mass is 10.2. The fraction of sp³-hybridized carbons (Fsp3) is 0.333. The van der Waals surface area contributed by atoms with Gasteiger partial charge in [0.05, 0.1) is 15.1 Å². The third-order valence-electron chi connectivity index (χ3n) is 3.00. The zero-order valence-corrected chi connectivity index (χ0v) is 12.9. The highest BCUT2D eigenvalue weighted by Gasteiger charge is 2.17. The Hall–Kier alpha value is -1.96. The molecule has 2 heterocycles. The van der Waals surface area contributed by atoms with E-state index in [4.69, 9.17) is 0 Å². The van der Waals surface area contributed by atoms with Crippen molar-refractivity contribution in [2.45, 2.75) is 20.4 Å². The second-order valence-electron chi connectivity index (χ2n) is 4.46. The Morgan fingerprint density at radius 1 is 1.50 bits per heavy atom. The summed E-state index contributed by atoms with van der Waals surface area (Å²) in [5.41, 5.74) is 2.54. The molecule has 2 aromatic heterocycles. The summed E-state index contributed by atoms with van der Waals surface area (Å²) in [5, 5.41) is 18.2. The number of nitrogens with one attached hydrogen (secondary N) is 1. The fourth-order valence-electron chi connectivity index (χ4n) is 1.88. The van der Waals surface area contributed by atoms with E-state index in [9.17, 15) is 10.1 Å². The normalized spacial score (nSPS) is 10.6. The Bertz CT molecular complexity index is 668. The minimum Gasteiger partial charge on any atom is -0.365 e. The maximum atomic E-state index is 10.8. The quantitative estimate of drug-likeness (QED) is 0.683. The summed E-state index contributed by atoms with van der Waals surface area (Å²) >= 11 is 3.35. The Balaban J connectivity index is 2.20. The molecule has 2 rings (SSSR count). The molecule has 0 aliphatic carbocycles. The van der Waals surface area contributed by atoms with Crippen molar-refractivity contribution in [2.24, 2.45) is 7.05 Å². The van der Waals surface area contributed by atoms with E-state index in [1.54, 1.807) is 11.6 Å². The number of nitro groups is 1. The fourth-order valence-corrected chi connectivity index (χ4v) is 2.32. The van der Waals surface area contributed by atoms with Crippen LogP contribution in [-0.4, -0.2) is 19.7 Å². The molecule has 0 bridgehead atoms. The van der Waals surface area contributed by atoms with E-state index in [1.165, 1.54) is 6.20 Å². The SMILES string of the molecule is Cc1nn(C)cc1CNc1ncc([N+](=O)[O-])c(C)c1Br. The zero-order valence-electron chi connectivity index (χ0n) is 11.3. The van der Waals surface area contributed by atoms with Crippen LogP contribution in [0, 0.1) is 24.0 Å². The van der Waals surface area contributed by atoms with Gasteiger partial charge in [0.1, 0.15) is 12.0 Å². The van der Waals surface area contributed by atoms with Crippen molar-refractivity contribution in [3.63, 3.8) is 0 Å². The van der Waals surface area contributed by atoms with Crippen LogP contribution in [0.4, 0.5) is 11.5 Å². The Morgan fingerprint density at radius 2 is 2.20 bits per heavy atom. The molecule has 0 spiro atoms. The van der Waals surface area contributed by atoms with Crippen LogP contribution in [0.3, 0.4) is 0 Å². The van der Waals surface area contributed by atoms with E-state index in [1.807, 2.05) is 20.2 Å². The van der Waals surface area contributed by atoms with E-state index in [2.05, 4.69) is 31.3 Å². The molecule has 0 unspecified atom stereocenters. The topological polar surface area (TPSA) is 85.9 Å². The summed E-state index contributed by atoms with van der Waals surface area (Å²) in [7, 11) is 1.86. The van der Waals surface area contributed by atoms with Crippen LogP contribution in [0.1, 0.15) is 16.8 Å². The predicted octanol–water partition coefficient (Wildman–Crippen LogP) is 2.71. The number of hydrogen-bond acceptors (Lipinski definition) is 5. The molecule has 0 atom stereocenters. The molecular weight excluding hydrogens is 326 g/mol. The van der Waals surface area contributed by atoms with Crippen LogP contribution in [0.5, 0.6) is 0 Å². The number of hydrogen-bond donors (Lipinski definition) is 1. The predicted molar refractivity (Wildman–Crippen MR) is 78.6 cm³/mol. The molecule has 0 saturated heterocycles. The van der Waals surface area contributed by atoms with Crippen LogP contribution in [0.25, 0.3) is 0 Å². The summed E-state index contributed by atoms with van der Waals surface area (Å²) < 4.78 is 2.35. The molecule has 0 aliphatic heterocycles. The second kappa shape index (κ2) is 5.58. The van der Waals surface area contributed by atoms with Crippen LogP contribution >= 0.6 is 15.9 Å². The monoisotopic (exact) mass is 339 g/mol. The van der Waals surface area contributed by atoms with Gasteiger partial charge in [0.15, 0.2) is 0 Å². The first-order valence-electron chi connectivity index (χ1n) is 5.92. The minimum atomic E-state index is -0.442. The highest BCUT2D eigenvalue weighted by atomic mass is 79.9. The van der Waals surface area contributed by atoms with Crippen molar-refractivity contribution in [2.75, 3.05) is 5.32 Å². The van der Waals surface area contributed by atoms with Gasteiger partial charge in [-0.2, -0.15) is 5.10 Å². The van der Waals surface area contributed by atoms with Gasteiger partial charge in [0.25, 0.3) is 5.69 Å². The average molecular weight is 340 g/mol. The first-order chi connectivity index (χ1) is 9.40. The summed E-state index contributed by atoms with van der Waals surface area (Å²) in [4.78, 5) is 14.5. The standard InChI is InChI=1S/C12H14BrN5O2/c1-7-10(18(19)20)5-15-12(11(7)13)14-4-9-6-17(3)16-8(9)2/h5-6H,4H2,1-3H3,(H,14,15). The van der Waals surface area contributed by atoms with Gasteiger partial charge in [-0.15, -0.1) is 0 Å².